The van der Waals surface area contributed by atoms with Crippen LogP contribution in [0.2, 0.25) is 0 Å². The van der Waals surface area contributed by atoms with E-state index in [1.807, 2.05) is 18.7 Å². The van der Waals surface area contributed by atoms with Crippen molar-refractivity contribution in [3.63, 3.8) is 0 Å². The van der Waals surface area contributed by atoms with E-state index in [2.05, 4.69) is 25.8 Å². The second kappa shape index (κ2) is 9.67. The molecule has 1 atom stereocenters. The molecule has 1 aromatic heterocycles. The third kappa shape index (κ3) is 5.65. The summed E-state index contributed by atoms with van der Waals surface area (Å²) in [6.45, 7) is 6.10. The van der Waals surface area contributed by atoms with Crippen molar-refractivity contribution in [1.29, 1.82) is 0 Å². The van der Waals surface area contributed by atoms with Gasteiger partial charge in [-0.05, 0) is 25.0 Å². The zero-order chi connectivity index (χ0) is 20.8. The highest BCUT2D eigenvalue weighted by Gasteiger charge is 2.25. The lowest BCUT2D eigenvalue weighted by molar-refractivity contribution is 0.368. The Morgan fingerprint density at radius 1 is 1.38 bits per heavy atom. The fourth-order valence-electron chi connectivity index (χ4n) is 3.27. The maximum absolute atomic E-state index is 14.0. The molecule has 1 aliphatic heterocycles. The van der Waals surface area contributed by atoms with Gasteiger partial charge in [0.1, 0.15) is 11.6 Å². The third-order valence-electron chi connectivity index (χ3n) is 4.86. The van der Waals surface area contributed by atoms with E-state index >= 15 is 0 Å². The van der Waals surface area contributed by atoms with Crippen LogP contribution in [-0.4, -0.2) is 48.8 Å². The molecule has 29 heavy (non-hydrogen) atoms. The molecule has 9 heteroatoms. The van der Waals surface area contributed by atoms with Crippen LogP contribution in [0.3, 0.4) is 0 Å². The molecular weight excluding hydrogens is 378 g/mol. The quantitative estimate of drug-likeness (QED) is 0.418. The summed E-state index contributed by atoms with van der Waals surface area (Å²) in [5.74, 6) is 1.23. The minimum atomic E-state index is -0.564. The Bertz CT molecular complexity index is 838. The van der Waals surface area contributed by atoms with Crippen LogP contribution in [0.15, 0.2) is 27.7 Å². The predicted molar refractivity (Wildman–Crippen MR) is 108 cm³/mol. The maximum atomic E-state index is 14.0. The van der Waals surface area contributed by atoms with Gasteiger partial charge in [-0.1, -0.05) is 19.0 Å². The molecule has 3 rings (SSSR count). The molecule has 2 aromatic rings. The molecule has 2 N–H and O–H groups in total. The van der Waals surface area contributed by atoms with E-state index in [0.29, 0.717) is 43.6 Å². The average molecular weight is 406 g/mol. The Morgan fingerprint density at radius 2 is 2.21 bits per heavy atom. The van der Waals surface area contributed by atoms with Crippen molar-refractivity contribution in [3.05, 3.63) is 41.5 Å². The Balaban J connectivity index is 1.42. The smallest absolute Gasteiger partial charge is 0.226 e. The first-order valence-corrected chi connectivity index (χ1v) is 9.96. The highest BCUT2D eigenvalue weighted by atomic mass is 19.1. The standard InChI is InChI=1S/C20H28F2N6O/c1-13(2)19-26-18(29-27-19)5-4-9-24-20(23-3)25-15-8-10-28(12-15)17-7-6-14(21)11-16(17)22/h6-7,11,13,15H,4-5,8-10,12H2,1-3H3,(H2,23,24,25). The van der Waals surface area contributed by atoms with Gasteiger partial charge >= 0.3 is 0 Å². The fourth-order valence-corrected chi connectivity index (χ4v) is 3.27. The van der Waals surface area contributed by atoms with Crippen molar-refractivity contribution in [2.45, 2.75) is 45.1 Å². The number of aryl methyl sites for hydroxylation is 1. The molecule has 0 bridgehead atoms. The summed E-state index contributed by atoms with van der Waals surface area (Å²) in [4.78, 5) is 10.5. The van der Waals surface area contributed by atoms with Crippen molar-refractivity contribution in [2.24, 2.45) is 4.99 Å². The largest absolute Gasteiger partial charge is 0.367 e. The SMILES string of the molecule is CN=C(NCCCc1nc(C(C)C)no1)NC1CCN(c2ccc(F)cc2F)C1. The van der Waals surface area contributed by atoms with Gasteiger partial charge in [0.15, 0.2) is 11.8 Å². The highest BCUT2D eigenvalue weighted by molar-refractivity contribution is 5.80. The molecule has 0 spiro atoms. The summed E-state index contributed by atoms with van der Waals surface area (Å²) in [6, 6.07) is 3.83. The lowest BCUT2D eigenvalue weighted by Crippen LogP contribution is -2.45. The van der Waals surface area contributed by atoms with Crippen LogP contribution in [0, 0.1) is 11.6 Å². The zero-order valence-electron chi connectivity index (χ0n) is 17.1. The number of benzene rings is 1. The Kier molecular flexibility index (Phi) is 7.00. The summed E-state index contributed by atoms with van der Waals surface area (Å²) in [6.07, 6.45) is 2.38. The number of rotatable bonds is 7. The summed E-state index contributed by atoms with van der Waals surface area (Å²) in [5, 5.41) is 10.6. The summed E-state index contributed by atoms with van der Waals surface area (Å²) in [7, 11) is 1.72. The number of anilines is 1. The first kappa shape index (κ1) is 21.0. The van der Waals surface area contributed by atoms with Crippen molar-refractivity contribution in [3.8, 4) is 0 Å². The molecule has 0 saturated carbocycles. The van der Waals surface area contributed by atoms with Gasteiger partial charge in [0.25, 0.3) is 0 Å². The molecule has 7 nitrogen and oxygen atoms in total. The van der Waals surface area contributed by atoms with Crippen LogP contribution in [0.4, 0.5) is 14.5 Å². The Labute approximate surface area is 169 Å². The van der Waals surface area contributed by atoms with E-state index in [1.165, 1.54) is 12.1 Å². The molecule has 2 heterocycles. The van der Waals surface area contributed by atoms with E-state index in [1.54, 1.807) is 7.05 Å². The zero-order valence-corrected chi connectivity index (χ0v) is 17.1. The predicted octanol–water partition coefficient (Wildman–Crippen LogP) is 2.85. The van der Waals surface area contributed by atoms with Crippen molar-refractivity contribution in [2.75, 3.05) is 31.6 Å². The molecule has 1 aliphatic rings. The van der Waals surface area contributed by atoms with Gasteiger partial charge in [-0.2, -0.15) is 4.98 Å². The molecule has 0 radical (unpaired) electrons. The van der Waals surface area contributed by atoms with E-state index < -0.39 is 11.6 Å². The first-order valence-electron chi connectivity index (χ1n) is 9.96. The van der Waals surface area contributed by atoms with Gasteiger partial charge in [0.2, 0.25) is 5.89 Å². The van der Waals surface area contributed by atoms with E-state index in [0.717, 1.165) is 24.7 Å². The average Bonchev–Trinajstić information content (AvgIpc) is 3.34. The van der Waals surface area contributed by atoms with Crippen LogP contribution in [0.5, 0.6) is 0 Å². The molecular formula is C20H28F2N6O. The Hall–Kier alpha value is -2.71. The summed E-state index contributed by atoms with van der Waals surface area (Å²) >= 11 is 0. The van der Waals surface area contributed by atoms with Gasteiger partial charge in [-0.3, -0.25) is 4.99 Å². The molecule has 1 unspecified atom stereocenters. The van der Waals surface area contributed by atoms with Crippen LogP contribution in [0.25, 0.3) is 0 Å². The monoisotopic (exact) mass is 406 g/mol. The molecule has 0 aliphatic carbocycles. The molecule has 1 saturated heterocycles. The first-order chi connectivity index (χ1) is 14.0. The number of aliphatic imine (C=N–C) groups is 1. The van der Waals surface area contributed by atoms with Gasteiger partial charge in [0.05, 0.1) is 5.69 Å². The lowest BCUT2D eigenvalue weighted by Gasteiger charge is -2.21. The highest BCUT2D eigenvalue weighted by Crippen LogP contribution is 2.24. The summed E-state index contributed by atoms with van der Waals surface area (Å²) in [5.41, 5.74) is 0.430. The molecule has 1 fully saturated rings. The van der Waals surface area contributed by atoms with Gasteiger partial charge in [0, 0.05) is 51.1 Å². The normalized spacial score (nSPS) is 17.2. The van der Waals surface area contributed by atoms with Crippen molar-refractivity contribution in [1.82, 2.24) is 20.8 Å². The Morgan fingerprint density at radius 3 is 2.90 bits per heavy atom. The third-order valence-corrected chi connectivity index (χ3v) is 4.86. The van der Waals surface area contributed by atoms with E-state index in [4.69, 9.17) is 4.52 Å². The van der Waals surface area contributed by atoms with E-state index in [9.17, 15) is 8.78 Å². The number of hydrogen-bond acceptors (Lipinski definition) is 5. The van der Waals surface area contributed by atoms with E-state index in [-0.39, 0.29) is 12.0 Å². The molecule has 1 aromatic carbocycles. The van der Waals surface area contributed by atoms with Crippen LogP contribution >= 0.6 is 0 Å². The van der Waals surface area contributed by atoms with Crippen LogP contribution in [0.1, 0.15) is 44.3 Å². The number of aromatic nitrogens is 2. The van der Waals surface area contributed by atoms with Gasteiger partial charge in [-0.15, -0.1) is 0 Å². The number of halogens is 2. The number of nitrogens with one attached hydrogen (secondary N) is 2. The van der Waals surface area contributed by atoms with Crippen molar-refractivity contribution < 1.29 is 13.3 Å². The summed E-state index contributed by atoms with van der Waals surface area (Å²) < 4.78 is 32.4. The van der Waals surface area contributed by atoms with Crippen molar-refractivity contribution >= 4 is 11.6 Å². The van der Waals surface area contributed by atoms with Gasteiger partial charge < -0.3 is 20.1 Å². The van der Waals surface area contributed by atoms with Crippen LogP contribution in [-0.2, 0) is 6.42 Å². The number of guanidine groups is 1. The maximum Gasteiger partial charge on any atom is 0.226 e. The van der Waals surface area contributed by atoms with Gasteiger partial charge in [-0.25, -0.2) is 8.78 Å². The minimum Gasteiger partial charge on any atom is -0.367 e. The topological polar surface area (TPSA) is 78.6 Å². The minimum absolute atomic E-state index is 0.134. The fraction of sp³-hybridized carbons (Fsp3) is 0.550. The number of nitrogens with zero attached hydrogens (tertiary/aromatic N) is 4. The number of hydrogen-bond donors (Lipinski definition) is 2. The second-order valence-corrected chi connectivity index (χ2v) is 7.48. The lowest BCUT2D eigenvalue weighted by atomic mass is 10.2. The molecule has 0 amide bonds. The van der Waals surface area contributed by atoms with Crippen LogP contribution < -0.4 is 15.5 Å². The molecule has 158 valence electrons. The second-order valence-electron chi connectivity index (χ2n) is 7.48.